The highest BCUT2D eigenvalue weighted by atomic mass is 35.5. The van der Waals surface area contributed by atoms with Gasteiger partial charge in [-0.3, -0.25) is 0 Å². The molecule has 2 unspecified atom stereocenters. The molecule has 4 heteroatoms. The van der Waals surface area contributed by atoms with Crippen LogP contribution in [0.15, 0.2) is 6.07 Å². The largest absolute Gasteiger partial charge is 0.504 e. The van der Waals surface area contributed by atoms with Gasteiger partial charge in [0, 0.05) is 28.6 Å². The lowest BCUT2D eigenvalue weighted by Gasteiger charge is -2.12. The molecule has 0 saturated heterocycles. The first-order valence-electron chi connectivity index (χ1n) is 5.44. The average Bonchev–Trinajstić information content (AvgIpc) is 2.56. The zero-order valence-electron chi connectivity index (χ0n) is 9.46. The second kappa shape index (κ2) is 4.15. The van der Waals surface area contributed by atoms with Crippen molar-refractivity contribution in [1.29, 1.82) is 0 Å². The van der Waals surface area contributed by atoms with Crippen molar-refractivity contribution in [2.24, 2.45) is 5.73 Å². The van der Waals surface area contributed by atoms with Gasteiger partial charge in [-0.2, -0.15) is 0 Å². The summed E-state index contributed by atoms with van der Waals surface area (Å²) in [7, 11) is 0. The van der Waals surface area contributed by atoms with E-state index in [1.807, 2.05) is 13.8 Å². The molecule has 1 aromatic rings. The summed E-state index contributed by atoms with van der Waals surface area (Å²) in [6, 6.07) is 1.78. The molecule has 0 amide bonds. The Labute approximate surface area is 100 Å². The van der Waals surface area contributed by atoms with E-state index in [4.69, 9.17) is 22.1 Å². The van der Waals surface area contributed by atoms with E-state index >= 15 is 0 Å². The second-order valence-corrected chi connectivity index (χ2v) is 4.89. The number of aromatic hydroxyl groups is 1. The number of phenolic OH excluding ortho intramolecular Hbond substituents is 1. The van der Waals surface area contributed by atoms with Gasteiger partial charge in [0.1, 0.15) is 6.10 Å². The van der Waals surface area contributed by atoms with Gasteiger partial charge in [0.05, 0.1) is 0 Å². The zero-order valence-corrected chi connectivity index (χ0v) is 10.2. The van der Waals surface area contributed by atoms with E-state index in [-0.39, 0.29) is 17.9 Å². The van der Waals surface area contributed by atoms with Crippen molar-refractivity contribution in [2.45, 2.75) is 38.8 Å². The molecule has 1 aliphatic rings. The lowest BCUT2D eigenvalue weighted by Crippen LogP contribution is -2.17. The smallest absolute Gasteiger partial charge is 0.166 e. The molecule has 3 nitrogen and oxygen atoms in total. The number of benzene rings is 1. The molecule has 0 spiro atoms. The summed E-state index contributed by atoms with van der Waals surface area (Å²) >= 11 is 6.16. The van der Waals surface area contributed by atoms with E-state index in [9.17, 15) is 5.11 Å². The zero-order chi connectivity index (χ0) is 11.9. The number of hydrogen-bond donors (Lipinski definition) is 2. The predicted octanol–water partition coefficient (Wildman–Crippen LogP) is 2.26. The Bertz CT molecular complexity index is 418. The minimum Gasteiger partial charge on any atom is -0.504 e. The van der Waals surface area contributed by atoms with Crippen molar-refractivity contribution >= 4 is 11.6 Å². The molecule has 1 aromatic carbocycles. The second-order valence-electron chi connectivity index (χ2n) is 4.49. The topological polar surface area (TPSA) is 55.5 Å². The van der Waals surface area contributed by atoms with Gasteiger partial charge in [-0.05, 0) is 26.3 Å². The van der Waals surface area contributed by atoms with Crippen LogP contribution in [0.4, 0.5) is 0 Å². The molecule has 0 radical (unpaired) electrons. The van der Waals surface area contributed by atoms with E-state index in [1.165, 1.54) is 0 Å². The summed E-state index contributed by atoms with van der Waals surface area (Å²) in [6.07, 6.45) is 1.42. The van der Waals surface area contributed by atoms with E-state index in [1.54, 1.807) is 6.07 Å². The summed E-state index contributed by atoms with van der Waals surface area (Å²) in [4.78, 5) is 0. The molecule has 2 atom stereocenters. The SMILES string of the molecule is CC(N)Cc1cc(Cl)c2c(c1O)OC(C)C2. The normalized spacial score (nSPS) is 20.4. The maximum atomic E-state index is 10.1. The van der Waals surface area contributed by atoms with Gasteiger partial charge in [0.25, 0.3) is 0 Å². The minimum absolute atomic E-state index is 0.0150. The summed E-state index contributed by atoms with van der Waals surface area (Å²) in [5.41, 5.74) is 7.38. The number of rotatable bonds is 2. The molecular formula is C12H16ClNO2. The molecule has 2 rings (SSSR count). The Morgan fingerprint density at radius 1 is 1.69 bits per heavy atom. The summed E-state index contributed by atoms with van der Waals surface area (Å²) in [6.45, 7) is 3.85. The third kappa shape index (κ3) is 1.97. The number of phenols is 1. The van der Waals surface area contributed by atoms with Crippen molar-refractivity contribution in [3.8, 4) is 11.5 Å². The fourth-order valence-corrected chi connectivity index (χ4v) is 2.35. The lowest BCUT2D eigenvalue weighted by molar-refractivity contribution is 0.244. The molecule has 0 bridgehead atoms. The summed E-state index contributed by atoms with van der Waals surface area (Å²) < 4.78 is 5.57. The lowest BCUT2D eigenvalue weighted by atomic mass is 10.0. The maximum absolute atomic E-state index is 10.1. The van der Waals surface area contributed by atoms with Crippen LogP contribution in [0.2, 0.25) is 5.02 Å². The van der Waals surface area contributed by atoms with Crippen LogP contribution in [0.25, 0.3) is 0 Å². The highest BCUT2D eigenvalue weighted by Crippen LogP contribution is 2.44. The van der Waals surface area contributed by atoms with E-state index < -0.39 is 0 Å². The molecule has 0 fully saturated rings. The number of nitrogens with two attached hydrogens (primary N) is 1. The third-order valence-corrected chi connectivity index (χ3v) is 3.07. The monoisotopic (exact) mass is 241 g/mol. The molecule has 16 heavy (non-hydrogen) atoms. The minimum atomic E-state index is -0.0150. The van der Waals surface area contributed by atoms with Crippen LogP contribution in [0, 0.1) is 0 Å². The van der Waals surface area contributed by atoms with Gasteiger partial charge in [-0.25, -0.2) is 0 Å². The van der Waals surface area contributed by atoms with Gasteiger partial charge in [0.2, 0.25) is 0 Å². The summed E-state index contributed by atoms with van der Waals surface area (Å²) in [5, 5.41) is 10.7. The van der Waals surface area contributed by atoms with Gasteiger partial charge >= 0.3 is 0 Å². The Balaban J connectivity index is 2.44. The van der Waals surface area contributed by atoms with Crippen molar-refractivity contribution < 1.29 is 9.84 Å². The summed E-state index contributed by atoms with van der Waals surface area (Å²) in [5.74, 6) is 0.733. The quantitative estimate of drug-likeness (QED) is 0.835. The Morgan fingerprint density at radius 3 is 3.00 bits per heavy atom. The Hall–Kier alpha value is -0.930. The standard InChI is InChI=1S/C12H16ClNO2/c1-6(14)3-8-5-10(13)9-4-7(2)16-12(9)11(8)15/h5-7,15H,3-4,14H2,1-2H3. The molecule has 3 N–H and O–H groups in total. The van der Waals surface area contributed by atoms with Crippen LogP contribution in [-0.4, -0.2) is 17.3 Å². The predicted molar refractivity (Wildman–Crippen MR) is 64.3 cm³/mol. The van der Waals surface area contributed by atoms with Crippen LogP contribution < -0.4 is 10.5 Å². The third-order valence-electron chi connectivity index (χ3n) is 2.74. The molecule has 0 saturated carbocycles. The van der Waals surface area contributed by atoms with E-state index in [2.05, 4.69) is 0 Å². The van der Waals surface area contributed by atoms with Crippen LogP contribution in [-0.2, 0) is 12.8 Å². The molecule has 0 aliphatic carbocycles. The Morgan fingerprint density at radius 2 is 2.38 bits per heavy atom. The molecule has 1 heterocycles. The first-order valence-corrected chi connectivity index (χ1v) is 5.82. The maximum Gasteiger partial charge on any atom is 0.166 e. The fraction of sp³-hybridized carbons (Fsp3) is 0.500. The van der Waals surface area contributed by atoms with Crippen LogP contribution in [0.3, 0.4) is 0 Å². The van der Waals surface area contributed by atoms with Gasteiger partial charge < -0.3 is 15.6 Å². The van der Waals surface area contributed by atoms with Crippen molar-refractivity contribution in [2.75, 3.05) is 0 Å². The number of halogens is 1. The Kier molecular flexibility index (Phi) is 3.00. The average molecular weight is 242 g/mol. The van der Waals surface area contributed by atoms with Crippen LogP contribution >= 0.6 is 11.6 Å². The van der Waals surface area contributed by atoms with E-state index in [0.29, 0.717) is 17.2 Å². The van der Waals surface area contributed by atoms with Gasteiger partial charge in [0.15, 0.2) is 11.5 Å². The van der Waals surface area contributed by atoms with Crippen molar-refractivity contribution in [1.82, 2.24) is 0 Å². The molecule has 0 aromatic heterocycles. The first kappa shape index (κ1) is 11.6. The highest BCUT2D eigenvalue weighted by molar-refractivity contribution is 6.31. The highest BCUT2D eigenvalue weighted by Gasteiger charge is 2.27. The van der Waals surface area contributed by atoms with Crippen molar-refractivity contribution in [3.05, 3.63) is 22.2 Å². The van der Waals surface area contributed by atoms with Gasteiger partial charge in [-0.1, -0.05) is 11.6 Å². The van der Waals surface area contributed by atoms with E-state index in [0.717, 1.165) is 17.5 Å². The van der Waals surface area contributed by atoms with Crippen LogP contribution in [0.5, 0.6) is 11.5 Å². The number of hydrogen-bond acceptors (Lipinski definition) is 3. The molecular weight excluding hydrogens is 226 g/mol. The van der Waals surface area contributed by atoms with Gasteiger partial charge in [-0.15, -0.1) is 0 Å². The molecule has 1 aliphatic heterocycles. The fourth-order valence-electron chi connectivity index (χ4n) is 2.06. The van der Waals surface area contributed by atoms with Crippen molar-refractivity contribution in [3.63, 3.8) is 0 Å². The molecule has 88 valence electrons. The van der Waals surface area contributed by atoms with Crippen LogP contribution in [0.1, 0.15) is 25.0 Å². The number of fused-ring (bicyclic) bond motifs is 1. The number of ether oxygens (including phenoxy) is 1. The first-order chi connectivity index (χ1) is 7.49.